The molecule has 2 amide bonds. The molecular formula is C21H17F3N4O7. The third-order valence-electron chi connectivity index (χ3n) is 4.91. The quantitative estimate of drug-likeness (QED) is 0.469. The van der Waals surface area contributed by atoms with Gasteiger partial charge in [-0.05, 0) is 36.4 Å². The topological polar surface area (TPSA) is 147 Å². The highest BCUT2D eigenvalue weighted by molar-refractivity contribution is 6.03. The van der Waals surface area contributed by atoms with Crippen LogP contribution < -0.4 is 20.7 Å². The minimum Gasteiger partial charge on any atom is -0.406 e. The van der Waals surface area contributed by atoms with Crippen molar-refractivity contribution in [1.29, 1.82) is 0 Å². The maximum atomic E-state index is 12.9. The molecule has 0 radical (unpaired) electrons. The van der Waals surface area contributed by atoms with Crippen molar-refractivity contribution in [2.75, 3.05) is 23.4 Å². The van der Waals surface area contributed by atoms with Crippen LogP contribution in [0.4, 0.5) is 24.5 Å². The Labute approximate surface area is 194 Å². The molecule has 35 heavy (non-hydrogen) atoms. The smallest absolute Gasteiger partial charge is 0.406 e. The Morgan fingerprint density at radius 3 is 2.63 bits per heavy atom. The molecule has 2 atom stereocenters. The molecule has 1 aliphatic heterocycles. The number of amides is 2. The molecule has 0 bridgehead atoms. The minimum atomic E-state index is -4.91. The van der Waals surface area contributed by atoms with Crippen molar-refractivity contribution in [3.05, 3.63) is 59.1 Å². The third kappa shape index (κ3) is 5.67. The van der Waals surface area contributed by atoms with E-state index in [1.54, 1.807) is 0 Å². The van der Waals surface area contributed by atoms with Gasteiger partial charge in [-0.2, -0.15) is 0 Å². The maximum Gasteiger partial charge on any atom is 0.573 e. The Morgan fingerprint density at radius 1 is 1.23 bits per heavy atom. The van der Waals surface area contributed by atoms with Crippen molar-refractivity contribution in [3.8, 4) is 17.1 Å². The predicted molar refractivity (Wildman–Crippen MR) is 112 cm³/mol. The van der Waals surface area contributed by atoms with Gasteiger partial charge in [-0.15, -0.1) is 13.2 Å². The first kappa shape index (κ1) is 24.0. The zero-order chi connectivity index (χ0) is 25.2. The van der Waals surface area contributed by atoms with E-state index in [0.29, 0.717) is 5.56 Å². The zero-order valence-electron chi connectivity index (χ0n) is 17.6. The Kier molecular flexibility index (Phi) is 6.57. The minimum absolute atomic E-state index is 0.00918. The standard InChI is InChI=1S/C21H17F3N4O7/c22-21(23,24)34-14-3-1-2-13(10-14)28-8-9-33-16(19(28)31)15(29)18(30)25-12-6-4-11(5-7-12)17-26-20(32)35-27-17/h1-7,10,15-16,29H,8-9H2,(H,25,30)(H,26,27,32). The van der Waals surface area contributed by atoms with Crippen LogP contribution in [0.1, 0.15) is 0 Å². The number of alkyl halides is 3. The number of aromatic nitrogens is 2. The van der Waals surface area contributed by atoms with Crippen molar-refractivity contribution in [3.63, 3.8) is 0 Å². The van der Waals surface area contributed by atoms with Crippen molar-refractivity contribution >= 4 is 23.2 Å². The molecule has 1 aromatic heterocycles. The van der Waals surface area contributed by atoms with Crippen LogP contribution in [-0.2, 0) is 14.3 Å². The number of nitrogens with one attached hydrogen (secondary N) is 2. The van der Waals surface area contributed by atoms with E-state index in [9.17, 15) is 32.7 Å². The molecular weight excluding hydrogens is 477 g/mol. The molecule has 0 spiro atoms. The number of hydrogen-bond donors (Lipinski definition) is 3. The number of carbonyl (C=O) groups excluding carboxylic acids is 2. The summed E-state index contributed by atoms with van der Waals surface area (Å²) in [6, 6.07) is 10.7. The van der Waals surface area contributed by atoms with Gasteiger partial charge in [0.2, 0.25) is 0 Å². The Balaban J connectivity index is 1.43. The average molecular weight is 494 g/mol. The van der Waals surface area contributed by atoms with E-state index in [1.807, 2.05) is 0 Å². The van der Waals surface area contributed by atoms with Gasteiger partial charge in [0.15, 0.2) is 18.0 Å². The molecule has 1 saturated heterocycles. The number of nitrogens with zero attached hydrogens (tertiary/aromatic N) is 2. The molecule has 1 fully saturated rings. The summed E-state index contributed by atoms with van der Waals surface area (Å²) < 4.78 is 51.1. The van der Waals surface area contributed by atoms with Gasteiger partial charge in [-0.1, -0.05) is 11.2 Å². The molecule has 0 aliphatic carbocycles. The van der Waals surface area contributed by atoms with Crippen LogP contribution in [0.3, 0.4) is 0 Å². The van der Waals surface area contributed by atoms with E-state index in [-0.39, 0.29) is 30.4 Å². The summed E-state index contributed by atoms with van der Waals surface area (Å²) in [5, 5.41) is 16.4. The first-order valence-electron chi connectivity index (χ1n) is 10.0. The average Bonchev–Trinajstić information content (AvgIpc) is 3.24. The third-order valence-corrected chi connectivity index (χ3v) is 4.91. The van der Waals surface area contributed by atoms with Gasteiger partial charge in [0.1, 0.15) is 5.75 Å². The second-order valence-corrected chi connectivity index (χ2v) is 7.28. The van der Waals surface area contributed by atoms with Gasteiger partial charge >= 0.3 is 12.1 Å². The largest absolute Gasteiger partial charge is 0.573 e. The van der Waals surface area contributed by atoms with Crippen LogP contribution in [0.2, 0.25) is 0 Å². The zero-order valence-corrected chi connectivity index (χ0v) is 17.6. The number of hydrogen-bond acceptors (Lipinski definition) is 8. The van der Waals surface area contributed by atoms with Gasteiger partial charge < -0.3 is 24.8 Å². The Hall–Kier alpha value is -4.17. The molecule has 2 heterocycles. The number of aliphatic hydroxyl groups is 1. The lowest BCUT2D eigenvalue weighted by molar-refractivity contribution is -0.274. The van der Waals surface area contributed by atoms with E-state index >= 15 is 0 Å². The van der Waals surface area contributed by atoms with Crippen molar-refractivity contribution in [1.82, 2.24) is 10.1 Å². The molecule has 1 aliphatic rings. The lowest BCUT2D eigenvalue weighted by Gasteiger charge is -2.34. The van der Waals surface area contributed by atoms with Crippen LogP contribution >= 0.6 is 0 Å². The van der Waals surface area contributed by atoms with Gasteiger partial charge in [0, 0.05) is 29.5 Å². The first-order valence-corrected chi connectivity index (χ1v) is 10.0. The van der Waals surface area contributed by atoms with Crippen LogP contribution in [0.5, 0.6) is 5.75 Å². The van der Waals surface area contributed by atoms with Gasteiger partial charge in [-0.25, -0.2) is 4.79 Å². The Morgan fingerprint density at radius 2 is 1.97 bits per heavy atom. The van der Waals surface area contributed by atoms with Gasteiger partial charge in [0.05, 0.1) is 6.61 Å². The summed E-state index contributed by atoms with van der Waals surface area (Å²) in [5.74, 6) is -2.83. The summed E-state index contributed by atoms with van der Waals surface area (Å²) >= 11 is 0. The molecule has 2 unspecified atom stereocenters. The Bertz CT molecular complexity index is 1270. The SMILES string of the molecule is O=C(Nc1ccc(-c2noc(=O)[nH]2)cc1)C(O)C1OCCN(c2cccc(OC(F)(F)F)c2)C1=O. The van der Waals surface area contributed by atoms with E-state index in [4.69, 9.17) is 4.74 Å². The highest BCUT2D eigenvalue weighted by Gasteiger charge is 2.39. The van der Waals surface area contributed by atoms with Crippen molar-refractivity contribution < 1.29 is 41.9 Å². The number of H-pyrrole nitrogens is 1. The second-order valence-electron chi connectivity index (χ2n) is 7.28. The summed E-state index contributed by atoms with van der Waals surface area (Å²) in [6.45, 7) is -0.0829. The van der Waals surface area contributed by atoms with E-state index in [0.717, 1.165) is 17.0 Å². The number of anilines is 2. The number of ether oxygens (including phenoxy) is 2. The number of aliphatic hydroxyl groups excluding tert-OH is 1. The summed E-state index contributed by atoms with van der Waals surface area (Å²) in [4.78, 5) is 39.9. The lowest BCUT2D eigenvalue weighted by atomic mass is 10.1. The lowest BCUT2D eigenvalue weighted by Crippen LogP contribution is -2.55. The molecule has 14 heteroatoms. The monoisotopic (exact) mass is 494 g/mol. The second kappa shape index (κ2) is 9.60. The van der Waals surface area contributed by atoms with Crippen molar-refractivity contribution in [2.24, 2.45) is 0 Å². The number of benzene rings is 2. The van der Waals surface area contributed by atoms with E-state index in [1.165, 1.54) is 36.4 Å². The van der Waals surface area contributed by atoms with Crippen LogP contribution in [0.25, 0.3) is 11.4 Å². The number of halogens is 3. The number of morpholine rings is 1. The van der Waals surface area contributed by atoms with Crippen LogP contribution in [0.15, 0.2) is 57.8 Å². The number of rotatable bonds is 6. The highest BCUT2D eigenvalue weighted by Crippen LogP contribution is 2.28. The summed E-state index contributed by atoms with van der Waals surface area (Å²) in [5.41, 5.74) is 0.840. The maximum absolute atomic E-state index is 12.9. The molecule has 4 rings (SSSR count). The molecule has 11 nitrogen and oxygen atoms in total. The molecule has 0 saturated carbocycles. The molecule has 3 aromatic rings. The first-order chi connectivity index (χ1) is 16.6. The fourth-order valence-corrected chi connectivity index (χ4v) is 3.36. The van der Waals surface area contributed by atoms with Crippen LogP contribution in [0, 0.1) is 0 Å². The fraction of sp³-hybridized carbons (Fsp3) is 0.238. The normalized spacial score (nSPS) is 17.2. The van der Waals surface area contributed by atoms with E-state index < -0.39 is 41.9 Å². The predicted octanol–water partition coefficient (Wildman–Crippen LogP) is 1.66. The number of carbonyl (C=O) groups is 2. The van der Waals surface area contributed by atoms with Crippen LogP contribution in [-0.4, -0.2) is 58.8 Å². The molecule has 184 valence electrons. The summed E-state index contributed by atoms with van der Waals surface area (Å²) in [6.07, 6.45) is -8.41. The van der Waals surface area contributed by atoms with Gasteiger partial charge in [0.25, 0.3) is 11.8 Å². The molecule has 2 aromatic carbocycles. The van der Waals surface area contributed by atoms with Crippen molar-refractivity contribution in [2.45, 2.75) is 18.6 Å². The number of aromatic amines is 1. The fourth-order valence-electron chi connectivity index (χ4n) is 3.36. The highest BCUT2D eigenvalue weighted by atomic mass is 19.4. The summed E-state index contributed by atoms with van der Waals surface area (Å²) in [7, 11) is 0. The molecule has 3 N–H and O–H groups in total. The van der Waals surface area contributed by atoms with E-state index in [2.05, 4.69) is 24.7 Å². The van der Waals surface area contributed by atoms with Gasteiger partial charge in [-0.3, -0.25) is 19.1 Å².